The zero-order valence-corrected chi connectivity index (χ0v) is 15.4. The highest BCUT2D eigenvalue weighted by Gasteiger charge is 2.32. The Balaban J connectivity index is 1.36. The topological polar surface area (TPSA) is 63.1 Å². The number of carbonyl (C=O) groups excluding carboxylic acids is 1. The molecule has 0 saturated heterocycles. The first-order chi connectivity index (χ1) is 12.2. The molecule has 0 bridgehead atoms. The minimum Gasteiger partial charge on any atom is -0.346 e. The molecule has 0 spiro atoms. The third kappa shape index (κ3) is 4.05. The summed E-state index contributed by atoms with van der Waals surface area (Å²) >= 11 is 0. The molecule has 6 heteroatoms. The van der Waals surface area contributed by atoms with E-state index in [2.05, 4.69) is 25.0 Å². The lowest BCUT2D eigenvalue weighted by atomic mass is 9.89. The molecule has 1 aromatic heterocycles. The number of hydrogen-bond donors (Lipinski definition) is 1. The van der Waals surface area contributed by atoms with Crippen LogP contribution in [0.15, 0.2) is 0 Å². The van der Waals surface area contributed by atoms with Crippen LogP contribution in [0.25, 0.3) is 0 Å². The van der Waals surface area contributed by atoms with Gasteiger partial charge in [0.25, 0.3) is 0 Å². The zero-order chi connectivity index (χ0) is 17.2. The SMILES string of the molecule is CC(NC(=O)C1CC1)c1nnc2n1CCN(CC1CCCCC1)CC2. The zero-order valence-electron chi connectivity index (χ0n) is 15.4. The third-order valence-electron chi connectivity index (χ3n) is 6.08. The van der Waals surface area contributed by atoms with Crippen molar-refractivity contribution in [2.45, 2.75) is 70.9 Å². The second kappa shape index (κ2) is 7.44. The summed E-state index contributed by atoms with van der Waals surface area (Å²) in [5, 5.41) is 11.9. The van der Waals surface area contributed by atoms with E-state index in [0.29, 0.717) is 0 Å². The molecule has 1 unspecified atom stereocenters. The van der Waals surface area contributed by atoms with Gasteiger partial charge in [0, 0.05) is 38.5 Å². The second-order valence-electron chi connectivity index (χ2n) is 8.19. The molecular formula is C19H31N5O. The Bertz CT molecular complexity index is 603. The fraction of sp³-hybridized carbons (Fsp3) is 0.842. The molecule has 1 aromatic rings. The van der Waals surface area contributed by atoms with Crippen LogP contribution < -0.4 is 5.32 Å². The molecule has 2 heterocycles. The average molecular weight is 345 g/mol. The van der Waals surface area contributed by atoms with Crippen molar-refractivity contribution in [3.63, 3.8) is 0 Å². The molecular weight excluding hydrogens is 314 g/mol. The fourth-order valence-corrected chi connectivity index (χ4v) is 4.37. The Hall–Kier alpha value is -1.43. The minimum atomic E-state index is -0.0563. The van der Waals surface area contributed by atoms with Crippen LogP contribution in [0.2, 0.25) is 0 Å². The molecule has 2 saturated carbocycles. The van der Waals surface area contributed by atoms with Crippen LogP contribution >= 0.6 is 0 Å². The van der Waals surface area contributed by atoms with Crippen LogP contribution in [0.3, 0.4) is 0 Å². The van der Waals surface area contributed by atoms with Crippen molar-refractivity contribution in [3.05, 3.63) is 11.6 Å². The molecule has 1 N–H and O–H groups in total. The van der Waals surface area contributed by atoms with Gasteiger partial charge in [-0.15, -0.1) is 10.2 Å². The van der Waals surface area contributed by atoms with E-state index < -0.39 is 0 Å². The first kappa shape index (κ1) is 17.0. The van der Waals surface area contributed by atoms with Crippen LogP contribution in [-0.2, 0) is 17.8 Å². The van der Waals surface area contributed by atoms with Crippen molar-refractivity contribution in [2.24, 2.45) is 11.8 Å². The minimum absolute atomic E-state index is 0.0563. The second-order valence-corrected chi connectivity index (χ2v) is 8.19. The van der Waals surface area contributed by atoms with Gasteiger partial charge in [-0.3, -0.25) is 4.79 Å². The largest absolute Gasteiger partial charge is 0.346 e. The predicted octanol–water partition coefficient (Wildman–Crippen LogP) is 2.30. The maximum atomic E-state index is 12.0. The Morgan fingerprint density at radius 3 is 2.68 bits per heavy atom. The number of aromatic nitrogens is 3. The maximum Gasteiger partial charge on any atom is 0.223 e. The third-order valence-corrected chi connectivity index (χ3v) is 6.08. The van der Waals surface area contributed by atoms with Crippen molar-refractivity contribution >= 4 is 5.91 Å². The van der Waals surface area contributed by atoms with Gasteiger partial charge in [-0.05, 0) is 38.5 Å². The highest BCUT2D eigenvalue weighted by molar-refractivity contribution is 5.81. The van der Waals surface area contributed by atoms with E-state index >= 15 is 0 Å². The van der Waals surface area contributed by atoms with Gasteiger partial charge in [-0.2, -0.15) is 0 Å². The van der Waals surface area contributed by atoms with Gasteiger partial charge in [0.05, 0.1) is 6.04 Å². The standard InChI is InChI=1S/C19H31N5O/c1-14(20-19(25)16-7-8-16)18-22-21-17-9-10-23(11-12-24(17)18)13-15-5-3-2-4-6-15/h14-16H,2-13H2,1H3,(H,20,25). The van der Waals surface area contributed by atoms with Crippen LogP contribution in [0, 0.1) is 11.8 Å². The van der Waals surface area contributed by atoms with E-state index in [0.717, 1.165) is 56.5 Å². The van der Waals surface area contributed by atoms with E-state index in [4.69, 9.17) is 0 Å². The smallest absolute Gasteiger partial charge is 0.223 e. The molecule has 6 nitrogen and oxygen atoms in total. The van der Waals surface area contributed by atoms with Crippen molar-refractivity contribution in [1.82, 2.24) is 25.0 Å². The summed E-state index contributed by atoms with van der Waals surface area (Å²) < 4.78 is 2.25. The highest BCUT2D eigenvalue weighted by atomic mass is 16.2. The molecule has 2 aliphatic carbocycles. The summed E-state index contributed by atoms with van der Waals surface area (Å²) in [5.41, 5.74) is 0. The molecule has 2 fully saturated rings. The Labute approximate surface area is 150 Å². The first-order valence-corrected chi connectivity index (χ1v) is 10.2. The van der Waals surface area contributed by atoms with Crippen LogP contribution in [0.1, 0.15) is 69.6 Å². The molecule has 1 amide bonds. The predicted molar refractivity (Wildman–Crippen MR) is 96.0 cm³/mol. The number of nitrogens with one attached hydrogen (secondary N) is 1. The van der Waals surface area contributed by atoms with Crippen LogP contribution in [-0.4, -0.2) is 45.2 Å². The Kier molecular flexibility index (Phi) is 5.06. The molecule has 1 aliphatic heterocycles. The van der Waals surface area contributed by atoms with E-state index in [9.17, 15) is 4.79 Å². The molecule has 1 atom stereocenters. The summed E-state index contributed by atoms with van der Waals surface area (Å²) in [4.78, 5) is 14.7. The number of hydrogen-bond acceptors (Lipinski definition) is 4. The van der Waals surface area contributed by atoms with Crippen LogP contribution in [0.4, 0.5) is 0 Å². The average Bonchev–Trinajstić information content (AvgIpc) is 3.41. The van der Waals surface area contributed by atoms with E-state index in [-0.39, 0.29) is 17.9 Å². The quantitative estimate of drug-likeness (QED) is 0.889. The number of rotatable bonds is 5. The van der Waals surface area contributed by atoms with Crippen molar-refractivity contribution in [3.8, 4) is 0 Å². The van der Waals surface area contributed by atoms with Gasteiger partial charge in [-0.25, -0.2) is 0 Å². The van der Waals surface area contributed by atoms with Crippen molar-refractivity contribution < 1.29 is 4.79 Å². The number of fused-ring (bicyclic) bond motifs is 1. The summed E-state index contributed by atoms with van der Waals surface area (Å²) in [5.74, 6) is 3.29. The summed E-state index contributed by atoms with van der Waals surface area (Å²) in [6.07, 6.45) is 10.1. The number of amides is 1. The number of nitrogens with zero attached hydrogens (tertiary/aromatic N) is 4. The van der Waals surface area contributed by atoms with Gasteiger partial charge in [0.1, 0.15) is 5.82 Å². The van der Waals surface area contributed by atoms with Crippen molar-refractivity contribution in [1.29, 1.82) is 0 Å². The van der Waals surface area contributed by atoms with Crippen molar-refractivity contribution in [2.75, 3.05) is 19.6 Å². The normalized spacial score (nSPS) is 23.7. The van der Waals surface area contributed by atoms with E-state index in [1.807, 2.05) is 6.92 Å². The summed E-state index contributed by atoms with van der Waals surface area (Å²) in [6, 6.07) is -0.0563. The van der Waals surface area contributed by atoms with E-state index in [1.165, 1.54) is 38.6 Å². The van der Waals surface area contributed by atoms with Crippen LogP contribution in [0.5, 0.6) is 0 Å². The van der Waals surface area contributed by atoms with Gasteiger partial charge in [-0.1, -0.05) is 19.3 Å². The molecule has 4 rings (SSSR count). The first-order valence-electron chi connectivity index (χ1n) is 10.2. The van der Waals surface area contributed by atoms with Gasteiger partial charge in [0.2, 0.25) is 5.91 Å². The molecule has 25 heavy (non-hydrogen) atoms. The Morgan fingerprint density at radius 2 is 1.92 bits per heavy atom. The lowest BCUT2D eigenvalue weighted by Crippen LogP contribution is -2.33. The van der Waals surface area contributed by atoms with E-state index in [1.54, 1.807) is 0 Å². The summed E-state index contributed by atoms with van der Waals surface area (Å²) in [6.45, 7) is 6.35. The monoisotopic (exact) mass is 345 g/mol. The Morgan fingerprint density at radius 1 is 1.12 bits per heavy atom. The van der Waals surface area contributed by atoms with Gasteiger partial charge in [0.15, 0.2) is 5.82 Å². The molecule has 0 radical (unpaired) electrons. The maximum absolute atomic E-state index is 12.0. The molecule has 0 aromatic carbocycles. The fourth-order valence-electron chi connectivity index (χ4n) is 4.37. The van der Waals surface area contributed by atoms with Gasteiger partial charge >= 0.3 is 0 Å². The lowest BCUT2D eigenvalue weighted by molar-refractivity contribution is -0.123. The highest BCUT2D eigenvalue weighted by Crippen LogP contribution is 2.30. The molecule has 3 aliphatic rings. The lowest BCUT2D eigenvalue weighted by Gasteiger charge is -2.28. The number of carbonyl (C=O) groups is 1. The van der Waals surface area contributed by atoms with Gasteiger partial charge < -0.3 is 14.8 Å². The summed E-state index contributed by atoms with van der Waals surface area (Å²) in [7, 11) is 0. The molecule has 138 valence electrons.